The third-order valence-corrected chi connectivity index (χ3v) is 8.74. The monoisotopic (exact) mass is 486 g/mol. The molecular weight excluding hydrogens is 456 g/mol. The Balaban J connectivity index is 1.42. The molecule has 0 aliphatic carbocycles. The van der Waals surface area contributed by atoms with Crippen molar-refractivity contribution in [1.82, 2.24) is 9.55 Å². The molecule has 3 heterocycles. The molecule has 1 aromatic carbocycles. The average molecular weight is 487 g/mol. The van der Waals surface area contributed by atoms with Gasteiger partial charge in [0, 0.05) is 39.4 Å². The van der Waals surface area contributed by atoms with Gasteiger partial charge in [-0.15, -0.1) is 11.3 Å². The quantitative estimate of drug-likeness (QED) is 0.451. The van der Waals surface area contributed by atoms with Gasteiger partial charge in [-0.3, -0.25) is 4.79 Å². The van der Waals surface area contributed by atoms with E-state index in [9.17, 15) is 13.2 Å². The van der Waals surface area contributed by atoms with E-state index >= 15 is 0 Å². The maximum atomic E-state index is 12.9. The van der Waals surface area contributed by atoms with E-state index in [4.69, 9.17) is 9.72 Å². The second-order valence-electron chi connectivity index (χ2n) is 9.74. The zero-order valence-corrected chi connectivity index (χ0v) is 21.3. The minimum Gasteiger partial charge on any atom is -0.485 e. The fraction of sp³-hybridized carbons (Fsp3) is 0.440. The number of hydrogen-bond acceptors (Lipinski definition) is 6. The van der Waals surface area contributed by atoms with Crippen LogP contribution in [0.5, 0.6) is 5.75 Å². The summed E-state index contributed by atoms with van der Waals surface area (Å²) in [5.74, 6) is 0.843. The number of rotatable bonds is 6. The zero-order chi connectivity index (χ0) is 24.0. The summed E-state index contributed by atoms with van der Waals surface area (Å²) >= 11 is 1.62. The molecule has 3 aromatic rings. The SMILES string of the molecule is Cc1cc(C(=O)COc2ccc(-c3nc(C(C)(C)C)cs3)cc2)c(C)n1[C@@H]1CCS(=O)(=O)C1. The molecule has 0 N–H and O–H groups in total. The van der Waals surface area contributed by atoms with Crippen LogP contribution in [0.25, 0.3) is 10.6 Å². The number of aryl methyl sites for hydroxylation is 1. The van der Waals surface area contributed by atoms with Crippen LogP contribution < -0.4 is 4.74 Å². The number of nitrogens with zero attached hydrogens (tertiary/aromatic N) is 2. The van der Waals surface area contributed by atoms with Crippen LogP contribution in [-0.2, 0) is 15.3 Å². The molecule has 1 saturated heterocycles. The van der Waals surface area contributed by atoms with Crippen LogP contribution in [0.3, 0.4) is 0 Å². The lowest BCUT2D eigenvalue weighted by Gasteiger charge is -2.16. The van der Waals surface area contributed by atoms with Gasteiger partial charge in [0.05, 0.1) is 17.2 Å². The Morgan fingerprint density at radius 1 is 1.21 bits per heavy atom. The van der Waals surface area contributed by atoms with Gasteiger partial charge in [0.15, 0.2) is 16.4 Å². The summed E-state index contributed by atoms with van der Waals surface area (Å²) in [6.45, 7) is 10.2. The van der Waals surface area contributed by atoms with E-state index in [1.54, 1.807) is 11.3 Å². The van der Waals surface area contributed by atoms with Crippen molar-refractivity contribution < 1.29 is 17.9 Å². The molecule has 1 aliphatic heterocycles. The van der Waals surface area contributed by atoms with Crippen LogP contribution >= 0.6 is 11.3 Å². The Morgan fingerprint density at radius 3 is 2.48 bits per heavy atom. The van der Waals surface area contributed by atoms with E-state index in [1.807, 2.05) is 48.7 Å². The summed E-state index contributed by atoms with van der Waals surface area (Å²) < 4.78 is 31.5. The van der Waals surface area contributed by atoms with Gasteiger partial charge >= 0.3 is 0 Å². The van der Waals surface area contributed by atoms with Gasteiger partial charge in [-0.25, -0.2) is 13.4 Å². The number of sulfone groups is 1. The number of ether oxygens (including phenoxy) is 1. The van der Waals surface area contributed by atoms with Gasteiger partial charge in [-0.1, -0.05) is 20.8 Å². The first kappa shape index (κ1) is 23.7. The number of aromatic nitrogens is 2. The molecule has 2 aromatic heterocycles. The Labute approximate surface area is 199 Å². The fourth-order valence-corrected chi connectivity index (χ4v) is 7.02. The molecule has 33 heavy (non-hydrogen) atoms. The highest BCUT2D eigenvalue weighted by Crippen LogP contribution is 2.31. The molecular formula is C25H30N2O4S2. The lowest BCUT2D eigenvalue weighted by Crippen LogP contribution is -2.16. The van der Waals surface area contributed by atoms with E-state index in [-0.39, 0.29) is 35.4 Å². The third kappa shape index (κ3) is 5.06. The first-order valence-electron chi connectivity index (χ1n) is 11.1. The van der Waals surface area contributed by atoms with Gasteiger partial charge < -0.3 is 9.30 Å². The Bertz CT molecular complexity index is 1280. The number of benzene rings is 1. The summed E-state index contributed by atoms with van der Waals surface area (Å²) in [5, 5.41) is 3.06. The van der Waals surface area contributed by atoms with E-state index in [1.165, 1.54) is 0 Å². The molecule has 0 spiro atoms. The third-order valence-electron chi connectivity index (χ3n) is 6.10. The highest BCUT2D eigenvalue weighted by atomic mass is 32.2. The highest BCUT2D eigenvalue weighted by Gasteiger charge is 2.31. The van der Waals surface area contributed by atoms with Crippen LogP contribution in [0.4, 0.5) is 0 Å². The van der Waals surface area contributed by atoms with E-state index in [2.05, 4.69) is 26.2 Å². The Kier molecular flexibility index (Phi) is 6.26. The van der Waals surface area contributed by atoms with Crippen molar-refractivity contribution in [3.8, 4) is 16.3 Å². The zero-order valence-electron chi connectivity index (χ0n) is 19.7. The van der Waals surface area contributed by atoms with Crippen molar-refractivity contribution in [1.29, 1.82) is 0 Å². The van der Waals surface area contributed by atoms with E-state index in [0.29, 0.717) is 17.7 Å². The van der Waals surface area contributed by atoms with Crippen LogP contribution in [0.15, 0.2) is 35.7 Å². The number of hydrogen-bond donors (Lipinski definition) is 0. The normalized spacial score (nSPS) is 17.9. The van der Waals surface area contributed by atoms with Crippen LogP contribution in [0, 0.1) is 13.8 Å². The van der Waals surface area contributed by atoms with Gasteiger partial charge in [0.25, 0.3) is 0 Å². The molecule has 176 valence electrons. The van der Waals surface area contributed by atoms with Gasteiger partial charge in [0.1, 0.15) is 10.8 Å². The van der Waals surface area contributed by atoms with Crippen molar-refractivity contribution in [2.45, 2.75) is 52.5 Å². The lowest BCUT2D eigenvalue weighted by atomic mass is 9.93. The molecule has 0 saturated carbocycles. The summed E-state index contributed by atoms with van der Waals surface area (Å²) in [4.78, 5) is 17.6. The number of thiazole rings is 1. The molecule has 4 rings (SSSR count). The number of Topliss-reactive ketones (excluding diaryl/α,β-unsaturated/α-hetero) is 1. The van der Waals surface area contributed by atoms with E-state index in [0.717, 1.165) is 27.7 Å². The fourth-order valence-electron chi connectivity index (χ4n) is 4.27. The molecule has 6 nitrogen and oxygen atoms in total. The molecule has 0 unspecified atom stereocenters. The summed E-state index contributed by atoms with van der Waals surface area (Å²) in [6, 6.07) is 9.36. The number of carbonyl (C=O) groups is 1. The largest absolute Gasteiger partial charge is 0.485 e. The number of carbonyl (C=O) groups excluding carboxylic acids is 1. The minimum absolute atomic E-state index is 0.0135. The first-order valence-corrected chi connectivity index (χ1v) is 13.8. The van der Waals surface area contributed by atoms with Crippen molar-refractivity contribution in [3.05, 3.63) is 58.4 Å². The van der Waals surface area contributed by atoms with Crippen LogP contribution in [-0.4, -0.2) is 41.9 Å². The molecule has 0 amide bonds. The predicted octanol–water partition coefficient (Wildman–Crippen LogP) is 5.15. The maximum absolute atomic E-state index is 12.9. The van der Waals surface area contributed by atoms with Crippen molar-refractivity contribution >= 4 is 27.0 Å². The van der Waals surface area contributed by atoms with Crippen LogP contribution in [0.2, 0.25) is 0 Å². The molecule has 0 radical (unpaired) electrons. The van der Waals surface area contributed by atoms with Gasteiger partial charge in [-0.05, 0) is 50.6 Å². The Hall–Kier alpha value is -2.45. The second-order valence-corrected chi connectivity index (χ2v) is 12.8. The molecule has 1 aliphatic rings. The van der Waals surface area contributed by atoms with Crippen molar-refractivity contribution in [3.63, 3.8) is 0 Å². The average Bonchev–Trinajstić information content (AvgIpc) is 3.44. The summed E-state index contributed by atoms with van der Waals surface area (Å²) in [5.41, 5.74) is 4.40. The molecule has 1 atom stereocenters. The topological polar surface area (TPSA) is 78.3 Å². The highest BCUT2D eigenvalue weighted by molar-refractivity contribution is 7.91. The summed E-state index contributed by atoms with van der Waals surface area (Å²) in [7, 11) is -3.00. The van der Waals surface area contributed by atoms with Crippen LogP contribution in [0.1, 0.15) is 60.7 Å². The van der Waals surface area contributed by atoms with Crippen molar-refractivity contribution in [2.75, 3.05) is 18.1 Å². The number of ketones is 1. The van der Waals surface area contributed by atoms with E-state index < -0.39 is 9.84 Å². The molecule has 8 heteroatoms. The summed E-state index contributed by atoms with van der Waals surface area (Å²) in [6.07, 6.45) is 0.589. The molecule has 1 fully saturated rings. The predicted molar refractivity (Wildman–Crippen MR) is 132 cm³/mol. The first-order chi connectivity index (χ1) is 15.4. The smallest absolute Gasteiger partial charge is 0.202 e. The van der Waals surface area contributed by atoms with Gasteiger partial charge in [0.2, 0.25) is 5.78 Å². The minimum atomic E-state index is -3.00. The Morgan fingerprint density at radius 2 is 1.91 bits per heavy atom. The second kappa shape index (κ2) is 8.72. The van der Waals surface area contributed by atoms with Crippen molar-refractivity contribution in [2.24, 2.45) is 0 Å². The lowest BCUT2D eigenvalue weighted by molar-refractivity contribution is 0.0920. The standard InChI is InChI=1S/C25H30N2O4S2/c1-16-12-21(17(2)27(16)19-10-11-33(29,30)15-19)22(28)13-31-20-8-6-18(7-9-20)24-26-23(14-32-24)25(3,4)5/h6-9,12,14,19H,10-11,13,15H2,1-5H3/t19-/m1/s1. The molecule has 0 bridgehead atoms. The maximum Gasteiger partial charge on any atom is 0.202 e. The van der Waals surface area contributed by atoms with Gasteiger partial charge in [-0.2, -0.15) is 0 Å².